The molecule has 4 rings (SSSR count). The maximum atomic E-state index is 12.9. The predicted octanol–water partition coefficient (Wildman–Crippen LogP) is 1.84. The number of hydrogen-bond acceptors (Lipinski definition) is 4. The maximum absolute atomic E-state index is 12.9. The van der Waals surface area contributed by atoms with E-state index in [1.54, 1.807) is 22.8 Å². The van der Waals surface area contributed by atoms with Gasteiger partial charge in [0.2, 0.25) is 11.8 Å². The number of aromatic nitrogens is 2. The molecule has 0 bridgehead atoms. The van der Waals surface area contributed by atoms with Crippen molar-refractivity contribution >= 4 is 17.5 Å². The first kappa shape index (κ1) is 18.4. The van der Waals surface area contributed by atoms with E-state index in [-0.39, 0.29) is 23.3 Å². The number of likely N-dealkylation sites (tertiary alicyclic amines) is 1. The summed E-state index contributed by atoms with van der Waals surface area (Å²) in [5.74, 6) is 0.0162. The van der Waals surface area contributed by atoms with Crippen LogP contribution in [-0.2, 0) is 9.59 Å². The Kier molecular flexibility index (Phi) is 4.98. The first-order valence-corrected chi connectivity index (χ1v) is 9.76. The lowest BCUT2D eigenvalue weighted by Gasteiger charge is -2.33. The number of rotatable bonds is 3. The first-order valence-electron chi connectivity index (χ1n) is 9.76. The number of H-pyrrole nitrogens is 1. The zero-order chi connectivity index (χ0) is 19.7. The van der Waals surface area contributed by atoms with Gasteiger partial charge in [0.25, 0.3) is 5.56 Å². The number of nitrogens with zero attached hydrogens (tertiary/aromatic N) is 3. The van der Waals surface area contributed by atoms with Gasteiger partial charge in [-0.05, 0) is 38.3 Å². The third-order valence-corrected chi connectivity index (χ3v) is 5.68. The summed E-state index contributed by atoms with van der Waals surface area (Å²) in [6, 6.07) is 11.0. The molecule has 0 saturated carbocycles. The average Bonchev–Trinajstić information content (AvgIpc) is 3.09. The lowest BCUT2D eigenvalue weighted by atomic mass is 9.92. The lowest BCUT2D eigenvalue weighted by Crippen LogP contribution is -2.44. The highest BCUT2D eigenvalue weighted by molar-refractivity contribution is 6.09. The van der Waals surface area contributed by atoms with Gasteiger partial charge >= 0.3 is 0 Å². The molecule has 2 amide bonds. The van der Waals surface area contributed by atoms with Crippen LogP contribution in [0.5, 0.6) is 0 Å². The minimum Gasteiger partial charge on any atom is -0.342 e. The first-order chi connectivity index (χ1) is 13.5. The molecule has 1 atom stereocenters. The highest BCUT2D eigenvalue weighted by Gasteiger charge is 2.40. The fraction of sp³-hybridized carbons (Fsp3) is 0.429. The van der Waals surface area contributed by atoms with Crippen LogP contribution in [0, 0.1) is 12.8 Å². The summed E-state index contributed by atoms with van der Waals surface area (Å²) in [5.41, 5.74) is 1.50. The van der Waals surface area contributed by atoms with Gasteiger partial charge in [-0.2, -0.15) is 0 Å². The second-order valence-electron chi connectivity index (χ2n) is 7.52. The summed E-state index contributed by atoms with van der Waals surface area (Å²) in [7, 11) is 0. The molecule has 146 valence electrons. The van der Waals surface area contributed by atoms with Crippen LogP contribution in [0.25, 0.3) is 0 Å². The largest absolute Gasteiger partial charge is 0.342 e. The Balaban J connectivity index is 1.39. The van der Waals surface area contributed by atoms with E-state index in [4.69, 9.17) is 0 Å². The standard InChI is InChI=1S/C21H24N4O3/c1-14-22-18(13-19(26)23-14)15-7-10-24(11-8-15)20(27)17-9-12-25(21(17)28)16-5-3-2-4-6-16/h2-6,13,15,17H,7-12H2,1H3,(H,22,23,26)/t17-/m0/s1. The molecule has 2 fully saturated rings. The van der Waals surface area contributed by atoms with E-state index < -0.39 is 5.92 Å². The number of carbonyl (C=O) groups excluding carboxylic acids is 2. The number of aryl methyl sites for hydroxylation is 1. The Morgan fingerprint density at radius 1 is 1.07 bits per heavy atom. The quantitative estimate of drug-likeness (QED) is 0.823. The molecule has 0 unspecified atom stereocenters. The van der Waals surface area contributed by atoms with E-state index in [0.717, 1.165) is 24.2 Å². The topological polar surface area (TPSA) is 86.4 Å². The van der Waals surface area contributed by atoms with Gasteiger partial charge < -0.3 is 14.8 Å². The molecule has 2 saturated heterocycles. The van der Waals surface area contributed by atoms with E-state index in [2.05, 4.69) is 9.97 Å². The van der Waals surface area contributed by atoms with Crippen molar-refractivity contribution in [3.05, 3.63) is 58.3 Å². The molecule has 28 heavy (non-hydrogen) atoms. The van der Waals surface area contributed by atoms with Crippen molar-refractivity contribution in [3.8, 4) is 0 Å². The van der Waals surface area contributed by atoms with Gasteiger partial charge in [0.15, 0.2) is 0 Å². The van der Waals surface area contributed by atoms with E-state index in [1.165, 1.54) is 0 Å². The van der Waals surface area contributed by atoms with Gasteiger partial charge in [0.05, 0.1) is 5.69 Å². The SMILES string of the molecule is Cc1nc(C2CCN(C(=O)[C@@H]3CCN(c4ccccc4)C3=O)CC2)cc(=O)[nH]1. The van der Waals surface area contributed by atoms with Gasteiger partial charge in [-0.15, -0.1) is 0 Å². The number of amides is 2. The molecule has 0 spiro atoms. The Morgan fingerprint density at radius 2 is 1.79 bits per heavy atom. The van der Waals surface area contributed by atoms with Gasteiger partial charge in [0.1, 0.15) is 11.7 Å². The van der Waals surface area contributed by atoms with Crippen molar-refractivity contribution in [2.24, 2.45) is 5.92 Å². The normalized spacial score (nSPS) is 20.6. The van der Waals surface area contributed by atoms with Crippen molar-refractivity contribution in [2.75, 3.05) is 24.5 Å². The molecule has 2 aliphatic heterocycles. The van der Waals surface area contributed by atoms with Gasteiger partial charge in [-0.1, -0.05) is 18.2 Å². The van der Waals surface area contributed by atoms with Gasteiger partial charge in [0, 0.05) is 37.3 Å². The van der Waals surface area contributed by atoms with Crippen molar-refractivity contribution in [1.29, 1.82) is 0 Å². The van der Waals surface area contributed by atoms with Crippen LogP contribution < -0.4 is 10.5 Å². The summed E-state index contributed by atoms with van der Waals surface area (Å²) >= 11 is 0. The lowest BCUT2D eigenvalue weighted by molar-refractivity contribution is -0.140. The minimum absolute atomic E-state index is 0.0723. The number of nitrogens with one attached hydrogen (secondary N) is 1. The number of para-hydroxylation sites is 1. The number of hydrogen-bond donors (Lipinski definition) is 1. The Labute approximate surface area is 163 Å². The summed E-state index contributed by atoms with van der Waals surface area (Å²) in [5, 5.41) is 0. The molecule has 7 heteroatoms. The van der Waals surface area contributed by atoms with Crippen molar-refractivity contribution in [1.82, 2.24) is 14.9 Å². The molecule has 2 aromatic rings. The molecule has 1 aromatic carbocycles. The van der Waals surface area contributed by atoms with Crippen LogP contribution in [-0.4, -0.2) is 46.3 Å². The van der Waals surface area contributed by atoms with Crippen LogP contribution in [0.4, 0.5) is 5.69 Å². The highest BCUT2D eigenvalue weighted by Crippen LogP contribution is 2.30. The fourth-order valence-electron chi connectivity index (χ4n) is 4.20. The zero-order valence-corrected chi connectivity index (χ0v) is 15.9. The third-order valence-electron chi connectivity index (χ3n) is 5.68. The number of piperidine rings is 1. The molecule has 7 nitrogen and oxygen atoms in total. The van der Waals surface area contributed by atoms with Crippen LogP contribution in [0.2, 0.25) is 0 Å². The zero-order valence-electron chi connectivity index (χ0n) is 15.9. The number of carbonyl (C=O) groups is 2. The van der Waals surface area contributed by atoms with Crippen LogP contribution in [0.3, 0.4) is 0 Å². The molecule has 3 heterocycles. The summed E-state index contributed by atoms with van der Waals surface area (Å²) in [6.07, 6.45) is 2.07. The number of benzene rings is 1. The number of anilines is 1. The fourth-order valence-corrected chi connectivity index (χ4v) is 4.20. The van der Waals surface area contributed by atoms with Crippen LogP contribution in [0.15, 0.2) is 41.2 Å². The summed E-state index contributed by atoms with van der Waals surface area (Å²) in [4.78, 5) is 48.0. The minimum atomic E-state index is -0.586. The van der Waals surface area contributed by atoms with Crippen LogP contribution >= 0.6 is 0 Å². The molecule has 1 N–H and O–H groups in total. The maximum Gasteiger partial charge on any atom is 0.251 e. The molecular formula is C21H24N4O3. The smallest absolute Gasteiger partial charge is 0.251 e. The Hall–Kier alpha value is -2.96. The monoisotopic (exact) mass is 380 g/mol. The Bertz CT molecular complexity index is 932. The third kappa shape index (κ3) is 3.56. The van der Waals surface area contributed by atoms with Crippen molar-refractivity contribution in [3.63, 3.8) is 0 Å². The molecule has 2 aliphatic rings. The van der Waals surface area contributed by atoms with E-state index in [1.807, 2.05) is 30.3 Å². The Morgan fingerprint density at radius 3 is 2.46 bits per heavy atom. The van der Waals surface area contributed by atoms with Crippen molar-refractivity contribution in [2.45, 2.75) is 32.1 Å². The van der Waals surface area contributed by atoms with E-state index in [9.17, 15) is 14.4 Å². The van der Waals surface area contributed by atoms with E-state index >= 15 is 0 Å². The summed E-state index contributed by atoms with van der Waals surface area (Å²) < 4.78 is 0. The highest BCUT2D eigenvalue weighted by atomic mass is 16.2. The van der Waals surface area contributed by atoms with Crippen molar-refractivity contribution < 1.29 is 9.59 Å². The second kappa shape index (κ2) is 7.58. The van der Waals surface area contributed by atoms with E-state index in [0.29, 0.717) is 31.9 Å². The van der Waals surface area contributed by atoms with Crippen LogP contribution in [0.1, 0.15) is 36.7 Å². The molecule has 1 aromatic heterocycles. The number of aromatic amines is 1. The molecule has 0 radical (unpaired) electrons. The predicted molar refractivity (Wildman–Crippen MR) is 105 cm³/mol. The van der Waals surface area contributed by atoms with Gasteiger partial charge in [-0.3, -0.25) is 14.4 Å². The average molecular weight is 380 g/mol. The van der Waals surface area contributed by atoms with Gasteiger partial charge in [-0.25, -0.2) is 4.98 Å². The molecular weight excluding hydrogens is 356 g/mol. The summed E-state index contributed by atoms with van der Waals surface area (Å²) in [6.45, 7) is 3.53. The second-order valence-corrected chi connectivity index (χ2v) is 7.52. The molecule has 0 aliphatic carbocycles.